The van der Waals surface area contributed by atoms with Gasteiger partial charge in [0.05, 0.1) is 11.6 Å². The first kappa shape index (κ1) is 14.3. The summed E-state index contributed by atoms with van der Waals surface area (Å²) in [6.07, 6.45) is 5.68. The minimum absolute atomic E-state index is 0.0391. The summed E-state index contributed by atoms with van der Waals surface area (Å²) < 4.78 is 0. The molecule has 0 saturated heterocycles. The van der Waals surface area contributed by atoms with Crippen LogP contribution >= 0.6 is 0 Å². The number of aromatic hydroxyl groups is 1. The van der Waals surface area contributed by atoms with Crippen LogP contribution < -0.4 is 5.32 Å². The predicted molar refractivity (Wildman–Crippen MR) is 81.2 cm³/mol. The fourth-order valence-corrected chi connectivity index (χ4v) is 1.99. The normalized spacial score (nSPS) is 18.1. The molecule has 2 N–H and O–H groups in total. The average Bonchev–Trinajstić information content (AvgIpc) is 2.41. The number of hydrogen-bond acceptors (Lipinski definition) is 3. The fourth-order valence-electron chi connectivity index (χ4n) is 1.99. The smallest absolute Gasteiger partial charge is 0.231 e. The molecule has 0 fully saturated rings. The van der Waals surface area contributed by atoms with E-state index >= 15 is 0 Å². The van der Waals surface area contributed by atoms with Crippen LogP contribution in [0.25, 0.3) is 0 Å². The number of phenolic OH excluding ortho intramolecular Hbond substituents is 1. The van der Waals surface area contributed by atoms with Gasteiger partial charge in [-0.25, -0.2) is 0 Å². The van der Waals surface area contributed by atoms with E-state index in [9.17, 15) is 9.90 Å². The minimum atomic E-state index is -0.228. The maximum Gasteiger partial charge on any atom is 0.231 e. The summed E-state index contributed by atoms with van der Waals surface area (Å²) in [5.74, 6) is -0.264. The Morgan fingerprint density at radius 3 is 2.70 bits per heavy atom. The molecule has 0 aliphatic carbocycles. The Morgan fingerprint density at radius 2 is 2.15 bits per heavy atom. The lowest BCUT2D eigenvalue weighted by Gasteiger charge is -2.20. The third-order valence-electron chi connectivity index (χ3n) is 3.33. The van der Waals surface area contributed by atoms with Crippen LogP contribution in [0.2, 0.25) is 0 Å². The van der Waals surface area contributed by atoms with Crippen molar-refractivity contribution in [3.05, 3.63) is 36.0 Å². The van der Waals surface area contributed by atoms with E-state index in [1.165, 1.54) is 0 Å². The van der Waals surface area contributed by atoms with E-state index < -0.39 is 0 Å². The maximum atomic E-state index is 12.1. The molecule has 1 aliphatic rings. The lowest BCUT2D eigenvalue weighted by Crippen LogP contribution is -2.22. The van der Waals surface area contributed by atoms with Crippen LogP contribution in [0.4, 0.5) is 5.69 Å². The van der Waals surface area contributed by atoms with Gasteiger partial charge in [0, 0.05) is 12.4 Å². The molecule has 1 amide bonds. The fraction of sp³-hybridized carbons (Fsp3) is 0.375. The van der Waals surface area contributed by atoms with Gasteiger partial charge in [0.1, 0.15) is 5.75 Å². The molecule has 4 heteroatoms. The molecule has 0 aromatic heterocycles. The topological polar surface area (TPSA) is 61.7 Å². The Bertz CT molecular complexity index is 568. The molecule has 0 saturated carbocycles. The number of nitrogens with one attached hydrogen (secondary N) is 1. The lowest BCUT2D eigenvalue weighted by molar-refractivity contribution is -0.118. The third kappa shape index (κ3) is 3.26. The molecule has 1 aromatic rings. The summed E-state index contributed by atoms with van der Waals surface area (Å²) in [5, 5.41) is 12.8. The Balaban J connectivity index is 2.12. The number of anilines is 1. The first-order chi connectivity index (χ1) is 9.38. The molecule has 106 valence electrons. The van der Waals surface area contributed by atoms with Gasteiger partial charge in [-0.1, -0.05) is 32.9 Å². The highest BCUT2D eigenvalue weighted by Gasteiger charge is 2.19. The summed E-state index contributed by atoms with van der Waals surface area (Å²) in [5.41, 5.74) is 1.43. The molecule has 2 rings (SSSR count). The molecule has 1 atom stereocenters. The molecular formula is C16H20N2O2. The van der Waals surface area contributed by atoms with Gasteiger partial charge in [-0.15, -0.1) is 0 Å². The van der Waals surface area contributed by atoms with Gasteiger partial charge in [0.15, 0.2) is 0 Å². The van der Waals surface area contributed by atoms with Crippen molar-refractivity contribution in [3.63, 3.8) is 0 Å². The summed E-state index contributed by atoms with van der Waals surface area (Å²) in [4.78, 5) is 16.0. The van der Waals surface area contributed by atoms with Gasteiger partial charge in [-0.05, 0) is 29.5 Å². The number of carbonyl (C=O) groups excluding carboxylic acids is 1. The van der Waals surface area contributed by atoms with Gasteiger partial charge < -0.3 is 10.4 Å². The minimum Gasteiger partial charge on any atom is -0.506 e. The van der Waals surface area contributed by atoms with Crippen LogP contribution in [0.5, 0.6) is 5.75 Å². The number of nitrogens with zero attached hydrogens (tertiary/aromatic N) is 1. The Labute approximate surface area is 119 Å². The Kier molecular flexibility index (Phi) is 3.93. The second-order valence-electron chi connectivity index (χ2n) is 5.99. The van der Waals surface area contributed by atoms with Crippen LogP contribution in [-0.4, -0.2) is 17.2 Å². The number of benzene rings is 1. The van der Waals surface area contributed by atoms with Crippen molar-refractivity contribution in [1.29, 1.82) is 0 Å². The van der Waals surface area contributed by atoms with E-state index in [1.54, 1.807) is 30.6 Å². The van der Waals surface area contributed by atoms with Crippen LogP contribution in [0.15, 0.2) is 35.5 Å². The number of phenols is 1. The van der Waals surface area contributed by atoms with Crippen molar-refractivity contribution < 1.29 is 9.90 Å². The molecule has 1 unspecified atom stereocenters. The van der Waals surface area contributed by atoms with Crippen LogP contribution in [0.1, 0.15) is 32.8 Å². The molecule has 0 bridgehead atoms. The SMILES string of the molecule is CC(C)(C)c1ccc(NC(=O)C2C=CN=CC2)c(O)c1. The van der Waals surface area contributed by atoms with E-state index in [-0.39, 0.29) is 23.0 Å². The zero-order valence-electron chi connectivity index (χ0n) is 12.1. The van der Waals surface area contributed by atoms with Crippen molar-refractivity contribution in [2.45, 2.75) is 32.6 Å². The first-order valence-corrected chi connectivity index (χ1v) is 6.70. The lowest BCUT2D eigenvalue weighted by atomic mass is 9.87. The average molecular weight is 272 g/mol. The second-order valence-corrected chi connectivity index (χ2v) is 5.99. The van der Waals surface area contributed by atoms with E-state index in [0.29, 0.717) is 12.1 Å². The van der Waals surface area contributed by atoms with E-state index in [2.05, 4.69) is 31.1 Å². The molecule has 4 nitrogen and oxygen atoms in total. The number of carbonyl (C=O) groups is 1. The number of aliphatic imine (C=N–C) groups is 1. The number of rotatable bonds is 2. The van der Waals surface area contributed by atoms with Crippen LogP contribution in [-0.2, 0) is 10.2 Å². The zero-order chi connectivity index (χ0) is 14.8. The summed E-state index contributed by atoms with van der Waals surface area (Å²) in [6, 6.07) is 5.37. The quantitative estimate of drug-likeness (QED) is 0.812. The van der Waals surface area contributed by atoms with E-state index in [1.807, 2.05) is 6.07 Å². The predicted octanol–water partition coefficient (Wildman–Crippen LogP) is 3.23. The molecule has 1 heterocycles. The van der Waals surface area contributed by atoms with Crippen molar-refractivity contribution >= 4 is 17.8 Å². The Hall–Kier alpha value is -2.10. The van der Waals surface area contributed by atoms with Crippen molar-refractivity contribution in [3.8, 4) is 5.75 Å². The highest BCUT2D eigenvalue weighted by atomic mass is 16.3. The van der Waals surface area contributed by atoms with Crippen molar-refractivity contribution in [2.75, 3.05) is 5.32 Å². The molecule has 20 heavy (non-hydrogen) atoms. The van der Waals surface area contributed by atoms with Gasteiger partial charge in [-0.2, -0.15) is 0 Å². The van der Waals surface area contributed by atoms with Gasteiger partial charge >= 0.3 is 0 Å². The highest BCUT2D eigenvalue weighted by molar-refractivity contribution is 5.96. The van der Waals surface area contributed by atoms with E-state index in [0.717, 1.165) is 5.56 Å². The third-order valence-corrected chi connectivity index (χ3v) is 3.33. The zero-order valence-corrected chi connectivity index (χ0v) is 12.1. The Morgan fingerprint density at radius 1 is 1.40 bits per heavy atom. The van der Waals surface area contributed by atoms with Crippen molar-refractivity contribution in [1.82, 2.24) is 0 Å². The number of amides is 1. The van der Waals surface area contributed by atoms with Gasteiger partial charge in [-0.3, -0.25) is 9.79 Å². The molecule has 1 aliphatic heterocycles. The van der Waals surface area contributed by atoms with Crippen LogP contribution in [0, 0.1) is 5.92 Å². The molecule has 0 radical (unpaired) electrons. The maximum absolute atomic E-state index is 12.1. The summed E-state index contributed by atoms with van der Waals surface area (Å²) >= 11 is 0. The van der Waals surface area contributed by atoms with Gasteiger partial charge in [0.25, 0.3) is 0 Å². The molecular weight excluding hydrogens is 252 g/mol. The van der Waals surface area contributed by atoms with Crippen LogP contribution in [0.3, 0.4) is 0 Å². The number of hydrogen-bond donors (Lipinski definition) is 2. The second kappa shape index (κ2) is 5.49. The first-order valence-electron chi connectivity index (χ1n) is 6.70. The summed E-state index contributed by atoms with van der Waals surface area (Å²) in [7, 11) is 0. The van der Waals surface area contributed by atoms with E-state index in [4.69, 9.17) is 0 Å². The summed E-state index contributed by atoms with van der Waals surface area (Å²) in [6.45, 7) is 6.23. The molecule has 1 aromatic carbocycles. The van der Waals surface area contributed by atoms with Gasteiger partial charge in [0.2, 0.25) is 5.91 Å². The van der Waals surface area contributed by atoms with Crippen molar-refractivity contribution in [2.24, 2.45) is 10.9 Å². The monoisotopic (exact) mass is 272 g/mol. The highest BCUT2D eigenvalue weighted by Crippen LogP contribution is 2.31. The largest absolute Gasteiger partial charge is 0.506 e. The standard InChI is InChI=1S/C16H20N2O2/c1-16(2,3)12-4-5-13(14(19)10-12)18-15(20)11-6-8-17-9-7-11/h4-6,8-11,19H,7H2,1-3H3,(H,18,20). The molecule has 0 spiro atoms.